The Bertz CT molecular complexity index is 427. The standard InChI is InChI=1S/C16H27N3/c1-3-8-19-13-16(14-6-4-5-7-15(14)19)18-11-9-17(2)10-12-18/h13H,3-12H2,1-2H3. The van der Waals surface area contributed by atoms with Crippen LogP contribution in [0, 0.1) is 0 Å². The van der Waals surface area contributed by atoms with Crippen molar-refractivity contribution in [1.29, 1.82) is 0 Å². The molecule has 1 saturated heterocycles. The Morgan fingerprint density at radius 3 is 2.53 bits per heavy atom. The lowest BCUT2D eigenvalue weighted by atomic mass is 9.96. The first-order chi connectivity index (χ1) is 9.29. The van der Waals surface area contributed by atoms with Crippen LogP contribution in [-0.2, 0) is 19.4 Å². The van der Waals surface area contributed by atoms with Crippen molar-refractivity contribution in [3.8, 4) is 0 Å². The molecule has 2 heterocycles. The van der Waals surface area contributed by atoms with E-state index in [0.29, 0.717) is 0 Å². The van der Waals surface area contributed by atoms with E-state index in [1.54, 1.807) is 16.9 Å². The van der Waals surface area contributed by atoms with Gasteiger partial charge < -0.3 is 14.4 Å². The summed E-state index contributed by atoms with van der Waals surface area (Å²) < 4.78 is 2.54. The van der Waals surface area contributed by atoms with Gasteiger partial charge in [0.15, 0.2) is 0 Å². The summed E-state index contributed by atoms with van der Waals surface area (Å²) in [6.07, 6.45) is 9.04. The van der Waals surface area contributed by atoms with Crippen LogP contribution in [0.4, 0.5) is 5.69 Å². The number of fused-ring (bicyclic) bond motifs is 1. The number of nitrogens with zero attached hydrogens (tertiary/aromatic N) is 3. The van der Waals surface area contributed by atoms with Crippen molar-refractivity contribution in [3.05, 3.63) is 17.5 Å². The van der Waals surface area contributed by atoms with Crippen LogP contribution >= 0.6 is 0 Å². The van der Waals surface area contributed by atoms with Gasteiger partial charge in [0.2, 0.25) is 0 Å². The van der Waals surface area contributed by atoms with Crippen LogP contribution in [0.5, 0.6) is 0 Å². The Hall–Kier alpha value is -0.960. The molecule has 2 aliphatic rings. The van der Waals surface area contributed by atoms with Gasteiger partial charge in [-0.25, -0.2) is 0 Å². The van der Waals surface area contributed by atoms with Gasteiger partial charge in [-0.15, -0.1) is 0 Å². The normalized spacial score (nSPS) is 20.6. The van der Waals surface area contributed by atoms with Crippen molar-refractivity contribution >= 4 is 5.69 Å². The van der Waals surface area contributed by atoms with E-state index < -0.39 is 0 Å². The van der Waals surface area contributed by atoms with E-state index >= 15 is 0 Å². The number of likely N-dealkylation sites (N-methyl/N-ethyl adjacent to an activating group) is 1. The lowest BCUT2D eigenvalue weighted by molar-refractivity contribution is 0.312. The van der Waals surface area contributed by atoms with Crippen LogP contribution in [0.25, 0.3) is 0 Å². The molecule has 106 valence electrons. The first kappa shape index (κ1) is 13.0. The predicted molar refractivity (Wildman–Crippen MR) is 81.1 cm³/mol. The van der Waals surface area contributed by atoms with Crippen molar-refractivity contribution in [1.82, 2.24) is 9.47 Å². The second-order valence-corrected chi connectivity index (χ2v) is 6.13. The van der Waals surface area contributed by atoms with E-state index in [1.807, 2.05) is 0 Å². The second kappa shape index (κ2) is 5.58. The monoisotopic (exact) mass is 261 g/mol. The first-order valence-corrected chi connectivity index (χ1v) is 7.94. The Morgan fingerprint density at radius 1 is 1.05 bits per heavy atom. The summed E-state index contributed by atoms with van der Waals surface area (Å²) in [7, 11) is 2.23. The van der Waals surface area contributed by atoms with Crippen molar-refractivity contribution in [3.63, 3.8) is 0 Å². The maximum Gasteiger partial charge on any atom is 0.0582 e. The smallest absolute Gasteiger partial charge is 0.0582 e. The summed E-state index contributed by atoms with van der Waals surface area (Å²) in [5, 5.41) is 0. The van der Waals surface area contributed by atoms with Crippen LogP contribution in [0.1, 0.15) is 37.4 Å². The maximum absolute atomic E-state index is 2.62. The summed E-state index contributed by atoms with van der Waals surface area (Å²) in [6.45, 7) is 8.26. The minimum Gasteiger partial charge on any atom is -0.368 e. The van der Waals surface area contributed by atoms with E-state index in [4.69, 9.17) is 0 Å². The Kier molecular flexibility index (Phi) is 3.83. The molecule has 0 saturated carbocycles. The molecule has 1 fully saturated rings. The number of anilines is 1. The van der Waals surface area contributed by atoms with Gasteiger partial charge in [-0.2, -0.15) is 0 Å². The molecule has 0 radical (unpaired) electrons. The van der Waals surface area contributed by atoms with Gasteiger partial charge in [-0.05, 0) is 44.7 Å². The molecule has 0 atom stereocenters. The molecule has 1 aromatic rings. The molecule has 1 aliphatic carbocycles. The largest absolute Gasteiger partial charge is 0.368 e. The van der Waals surface area contributed by atoms with Gasteiger partial charge in [0.25, 0.3) is 0 Å². The van der Waals surface area contributed by atoms with Crippen LogP contribution in [0.2, 0.25) is 0 Å². The second-order valence-electron chi connectivity index (χ2n) is 6.13. The summed E-state index contributed by atoms with van der Waals surface area (Å²) in [5.74, 6) is 0. The van der Waals surface area contributed by atoms with Crippen molar-refractivity contribution in [2.45, 2.75) is 45.6 Å². The van der Waals surface area contributed by atoms with Crippen molar-refractivity contribution in [2.24, 2.45) is 0 Å². The quantitative estimate of drug-likeness (QED) is 0.828. The molecule has 0 amide bonds. The molecular weight excluding hydrogens is 234 g/mol. The SMILES string of the molecule is CCCn1cc(N2CCN(C)CC2)c2c1CCCC2. The molecule has 1 aromatic heterocycles. The Balaban J connectivity index is 1.88. The third kappa shape index (κ3) is 2.53. The van der Waals surface area contributed by atoms with Crippen molar-refractivity contribution < 1.29 is 0 Å². The Labute approximate surface area is 117 Å². The minimum absolute atomic E-state index is 1.19. The van der Waals surface area contributed by atoms with E-state index in [2.05, 4.69) is 34.5 Å². The third-order valence-electron chi connectivity index (χ3n) is 4.68. The zero-order chi connectivity index (χ0) is 13.2. The summed E-state index contributed by atoms with van der Waals surface area (Å²) >= 11 is 0. The number of piperazine rings is 1. The molecule has 3 heteroatoms. The molecule has 3 rings (SSSR count). The summed E-state index contributed by atoms with van der Waals surface area (Å²) in [5.41, 5.74) is 4.86. The highest BCUT2D eigenvalue weighted by Gasteiger charge is 2.23. The number of hydrogen-bond donors (Lipinski definition) is 0. The lowest BCUT2D eigenvalue weighted by Gasteiger charge is -2.34. The van der Waals surface area contributed by atoms with Gasteiger partial charge in [-0.3, -0.25) is 0 Å². The number of aromatic nitrogens is 1. The number of rotatable bonds is 3. The molecule has 0 unspecified atom stereocenters. The molecule has 19 heavy (non-hydrogen) atoms. The molecule has 1 aliphatic heterocycles. The average molecular weight is 261 g/mol. The van der Waals surface area contributed by atoms with Crippen LogP contribution in [-0.4, -0.2) is 42.7 Å². The van der Waals surface area contributed by atoms with E-state index in [9.17, 15) is 0 Å². The van der Waals surface area contributed by atoms with Gasteiger partial charge in [-0.1, -0.05) is 6.92 Å². The predicted octanol–water partition coefficient (Wildman–Crippen LogP) is 2.53. The highest BCUT2D eigenvalue weighted by molar-refractivity contribution is 5.57. The van der Waals surface area contributed by atoms with Crippen molar-refractivity contribution in [2.75, 3.05) is 38.1 Å². The average Bonchev–Trinajstić information content (AvgIpc) is 2.80. The fourth-order valence-corrected chi connectivity index (χ4v) is 3.55. The molecule has 0 aromatic carbocycles. The molecule has 0 N–H and O–H groups in total. The van der Waals surface area contributed by atoms with Gasteiger partial charge in [0.05, 0.1) is 5.69 Å². The van der Waals surface area contributed by atoms with Gasteiger partial charge >= 0.3 is 0 Å². The zero-order valence-corrected chi connectivity index (χ0v) is 12.5. The minimum atomic E-state index is 1.19. The zero-order valence-electron chi connectivity index (χ0n) is 12.5. The van der Waals surface area contributed by atoms with E-state index in [-0.39, 0.29) is 0 Å². The number of hydrogen-bond acceptors (Lipinski definition) is 2. The van der Waals surface area contributed by atoms with E-state index in [0.717, 1.165) is 0 Å². The van der Waals surface area contributed by atoms with Crippen LogP contribution < -0.4 is 4.90 Å². The van der Waals surface area contributed by atoms with Crippen LogP contribution in [0.15, 0.2) is 6.20 Å². The lowest BCUT2D eigenvalue weighted by Crippen LogP contribution is -2.44. The highest BCUT2D eigenvalue weighted by Crippen LogP contribution is 2.33. The molecule has 0 spiro atoms. The summed E-state index contributed by atoms with van der Waals surface area (Å²) in [6, 6.07) is 0. The van der Waals surface area contributed by atoms with Gasteiger partial charge in [0.1, 0.15) is 0 Å². The summed E-state index contributed by atoms with van der Waals surface area (Å²) in [4.78, 5) is 5.06. The highest BCUT2D eigenvalue weighted by atomic mass is 15.3. The maximum atomic E-state index is 2.62. The topological polar surface area (TPSA) is 11.4 Å². The molecule has 0 bridgehead atoms. The fourth-order valence-electron chi connectivity index (χ4n) is 3.55. The molecule has 3 nitrogen and oxygen atoms in total. The van der Waals surface area contributed by atoms with Gasteiger partial charge in [0, 0.05) is 44.6 Å². The fraction of sp³-hybridized carbons (Fsp3) is 0.750. The van der Waals surface area contributed by atoms with E-state index in [1.165, 1.54) is 64.8 Å². The first-order valence-electron chi connectivity index (χ1n) is 7.94. The Morgan fingerprint density at radius 2 is 1.79 bits per heavy atom. The van der Waals surface area contributed by atoms with Crippen LogP contribution in [0.3, 0.4) is 0 Å². The molecular formula is C16H27N3. The number of aryl methyl sites for hydroxylation is 1. The third-order valence-corrected chi connectivity index (χ3v) is 4.68.